The molecule has 0 atom stereocenters. The van der Waals surface area contributed by atoms with Crippen molar-refractivity contribution in [3.63, 3.8) is 0 Å². The largest absolute Gasteiger partial charge is 0.377 e. The van der Waals surface area contributed by atoms with Gasteiger partial charge in [0.15, 0.2) is 0 Å². The number of anilines is 2. The van der Waals surface area contributed by atoms with Gasteiger partial charge >= 0.3 is 0 Å². The Kier molecular flexibility index (Phi) is 3.57. The number of likely N-dealkylation sites (N-methyl/N-ethyl adjacent to an activating group) is 1. The second-order valence-corrected chi connectivity index (χ2v) is 5.56. The van der Waals surface area contributed by atoms with Gasteiger partial charge in [0.2, 0.25) is 0 Å². The van der Waals surface area contributed by atoms with Gasteiger partial charge in [0, 0.05) is 26.2 Å². The highest BCUT2D eigenvalue weighted by molar-refractivity contribution is 5.51. The van der Waals surface area contributed by atoms with Crippen LogP contribution in [0, 0.1) is 6.92 Å². The molecule has 0 unspecified atom stereocenters. The summed E-state index contributed by atoms with van der Waals surface area (Å²) in [5, 5.41) is 3.43. The predicted molar refractivity (Wildman–Crippen MR) is 76.9 cm³/mol. The molecule has 0 spiro atoms. The Morgan fingerprint density at radius 2 is 1.95 bits per heavy atom. The normalized spacial score (nSPS) is 21.3. The van der Waals surface area contributed by atoms with E-state index in [2.05, 4.69) is 41.2 Å². The Morgan fingerprint density at radius 1 is 1.21 bits per heavy atom. The fourth-order valence-corrected chi connectivity index (χ4v) is 2.45. The van der Waals surface area contributed by atoms with Gasteiger partial charge in [-0.25, -0.2) is 4.98 Å². The minimum atomic E-state index is 0.426. The molecule has 0 bridgehead atoms. The van der Waals surface area contributed by atoms with E-state index in [0.717, 1.165) is 51.0 Å². The molecule has 2 aliphatic heterocycles. The molecular weight excluding hydrogens is 240 g/mol. The van der Waals surface area contributed by atoms with E-state index in [1.165, 1.54) is 5.56 Å². The Labute approximate surface area is 114 Å². The number of hydrogen-bond acceptors (Lipinski definition) is 5. The van der Waals surface area contributed by atoms with Gasteiger partial charge in [-0.3, -0.25) is 0 Å². The lowest BCUT2D eigenvalue weighted by molar-refractivity contribution is 0.0209. The van der Waals surface area contributed by atoms with Gasteiger partial charge in [-0.05, 0) is 31.7 Å². The van der Waals surface area contributed by atoms with Crippen molar-refractivity contribution in [1.82, 2.24) is 9.88 Å². The summed E-state index contributed by atoms with van der Waals surface area (Å²) in [4.78, 5) is 9.47. The lowest BCUT2D eigenvalue weighted by Gasteiger charge is -2.34. The molecule has 0 radical (unpaired) electrons. The molecule has 1 aromatic heterocycles. The zero-order chi connectivity index (χ0) is 13.2. The number of aromatic nitrogens is 1. The standard InChI is InChI=1S/C14H22N4O/c1-11-7-13(15-12-9-19-10-12)16-14(8-11)18-5-3-17(2)4-6-18/h7-8,12H,3-6,9-10H2,1-2H3,(H,15,16). The molecule has 5 heteroatoms. The van der Waals surface area contributed by atoms with E-state index in [-0.39, 0.29) is 0 Å². The minimum absolute atomic E-state index is 0.426. The van der Waals surface area contributed by atoms with Gasteiger partial charge in [-0.15, -0.1) is 0 Å². The lowest BCUT2D eigenvalue weighted by Crippen LogP contribution is -2.45. The topological polar surface area (TPSA) is 40.6 Å². The van der Waals surface area contributed by atoms with Crippen LogP contribution in [0.2, 0.25) is 0 Å². The van der Waals surface area contributed by atoms with Gasteiger partial charge in [-0.1, -0.05) is 0 Å². The molecule has 2 saturated heterocycles. The highest BCUT2D eigenvalue weighted by atomic mass is 16.5. The Hall–Kier alpha value is -1.33. The average molecular weight is 262 g/mol. The molecule has 0 aliphatic carbocycles. The van der Waals surface area contributed by atoms with Crippen molar-refractivity contribution in [3.8, 4) is 0 Å². The summed E-state index contributed by atoms with van der Waals surface area (Å²) in [5.41, 5.74) is 1.26. The van der Waals surface area contributed by atoms with Crippen molar-refractivity contribution in [2.45, 2.75) is 13.0 Å². The number of nitrogens with one attached hydrogen (secondary N) is 1. The van der Waals surface area contributed by atoms with Crippen molar-refractivity contribution in [3.05, 3.63) is 17.7 Å². The van der Waals surface area contributed by atoms with Crippen LogP contribution in [-0.4, -0.2) is 62.4 Å². The summed E-state index contributed by atoms with van der Waals surface area (Å²) < 4.78 is 5.19. The van der Waals surface area contributed by atoms with Crippen molar-refractivity contribution >= 4 is 11.6 Å². The molecule has 104 valence electrons. The maximum atomic E-state index is 5.19. The van der Waals surface area contributed by atoms with Crippen LogP contribution in [0.15, 0.2) is 12.1 Å². The molecule has 1 aromatic rings. The molecule has 5 nitrogen and oxygen atoms in total. The lowest BCUT2D eigenvalue weighted by atomic mass is 10.2. The number of rotatable bonds is 3. The third kappa shape index (κ3) is 2.98. The molecule has 2 fully saturated rings. The number of piperazine rings is 1. The second kappa shape index (κ2) is 5.35. The number of pyridine rings is 1. The number of aryl methyl sites for hydroxylation is 1. The first-order valence-corrected chi connectivity index (χ1v) is 6.97. The molecule has 19 heavy (non-hydrogen) atoms. The number of ether oxygens (including phenoxy) is 1. The second-order valence-electron chi connectivity index (χ2n) is 5.56. The maximum absolute atomic E-state index is 5.19. The summed E-state index contributed by atoms with van der Waals surface area (Å²) in [5.74, 6) is 2.07. The molecule has 0 saturated carbocycles. The van der Waals surface area contributed by atoms with Crippen LogP contribution in [0.1, 0.15) is 5.56 Å². The molecule has 2 aliphatic rings. The van der Waals surface area contributed by atoms with Crippen LogP contribution in [0.25, 0.3) is 0 Å². The van der Waals surface area contributed by atoms with Gasteiger partial charge in [0.05, 0.1) is 19.3 Å². The molecule has 0 aromatic carbocycles. The summed E-state index contributed by atoms with van der Waals surface area (Å²) in [6.45, 7) is 8.03. The fourth-order valence-electron chi connectivity index (χ4n) is 2.45. The van der Waals surface area contributed by atoms with Gasteiger partial charge in [0.1, 0.15) is 11.6 Å². The van der Waals surface area contributed by atoms with E-state index in [1.54, 1.807) is 0 Å². The average Bonchev–Trinajstić information content (AvgIpc) is 2.34. The zero-order valence-electron chi connectivity index (χ0n) is 11.7. The highest BCUT2D eigenvalue weighted by Crippen LogP contribution is 2.20. The van der Waals surface area contributed by atoms with Crippen LogP contribution in [0.5, 0.6) is 0 Å². The Balaban J connectivity index is 1.73. The third-order valence-electron chi connectivity index (χ3n) is 3.77. The summed E-state index contributed by atoms with van der Waals surface area (Å²) in [7, 11) is 2.17. The SMILES string of the molecule is Cc1cc(NC2COC2)nc(N2CCN(C)CC2)c1. The van der Waals surface area contributed by atoms with Crippen LogP contribution in [0.4, 0.5) is 11.6 Å². The first kappa shape index (κ1) is 12.7. The van der Waals surface area contributed by atoms with E-state index in [9.17, 15) is 0 Å². The molecule has 3 heterocycles. The van der Waals surface area contributed by atoms with E-state index in [0.29, 0.717) is 6.04 Å². The van der Waals surface area contributed by atoms with E-state index in [4.69, 9.17) is 9.72 Å². The molecule has 1 N–H and O–H groups in total. The van der Waals surface area contributed by atoms with Crippen LogP contribution < -0.4 is 10.2 Å². The Bertz CT molecular complexity index is 439. The summed E-state index contributed by atoms with van der Waals surface area (Å²) in [6.07, 6.45) is 0. The van der Waals surface area contributed by atoms with Crippen LogP contribution in [-0.2, 0) is 4.74 Å². The number of hydrogen-bond donors (Lipinski definition) is 1. The van der Waals surface area contributed by atoms with E-state index < -0.39 is 0 Å². The predicted octanol–water partition coefficient (Wildman–Crippen LogP) is 0.953. The monoisotopic (exact) mass is 262 g/mol. The van der Waals surface area contributed by atoms with Crippen molar-refractivity contribution < 1.29 is 4.74 Å². The zero-order valence-corrected chi connectivity index (χ0v) is 11.7. The first-order chi connectivity index (χ1) is 9.20. The molecular formula is C14H22N4O. The van der Waals surface area contributed by atoms with Crippen molar-refractivity contribution in [1.29, 1.82) is 0 Å². The Morgan fingerprint density at radius 3 is 2.58 bits per heavy atom. The van der Waals surface area contributed by atoms with E-state index >= 15 is 0 Å². The first-order valence-electron chi connectivity index (χ1n) is 6.97. The minimum Gasteiger partial charge on any atom is -0.377 e. The van der Waals surface area contributed by atoms with Gasteiger partial charge < -0.3 is 19.9 Å². The van der Waals surface area contributed by atoms with E-state index in [1.807, 2.05) is 0 Å². The molecule has 0 amide bonds. The van der Waals surface area contributed by atoms with Crippen LogP contribution in [0.3, 0.4) is 0 Å². The van der Waals surface area contributed by atoms with Gasteiger partial charge in [0.25, 0.3) is 0 Å². The van der Waals surface area contributed by atoms with Crippen molar-refractivity contribution in [2.24, 2.45) is 0 Å². The van der Waals surface area contributed by atoms with Crippen LogP contribution >= 0.6 is 0 Å². The quantitative estimate of drug-likeness (QED) is 0.878. The summed E-state index contributed by atoms with van der Waals surface area (Å²) in [6, 6.07) is 4.71. The molecule has 3 rings (SSSR count). The highest BCUT2D eigenvalue weighted by Gasteiger charge is 2.20. The maximum Gasteiger partial charge on any atom is 0.131 e. The third-order valence-corrected chi connectivity index (χ3v) is 3.77. The smallest absolute Gasteiger partial charge is 0.131 e. The summed E-state index contributed by atoms with van der Waals surface area (Å²) >= 11 is 0. The van der Waals surface area contributed by atoms with Gasteiger partial charge in [-0.2, -0.15) is 0 Å². The number of nitrogens with zero attached hydrogens (tertiary/aromatic N) is 3. The van der Waals surface area contributed by atoms with Crippen molar-refractivity contribution in [2.75, 3.05) is 56.7 Å². The fraction of sp³-hybridized carbons (Fsp3) is 0.643.